The van der Waals surface area contributed by atoms with Crippen LogP contribution in [0.4, 0.5) is 4.79 Å². The van der Waals surface area contributed by atoms with E-state index in [0.717, 1.165) is 0 Å². The molecular weight excluding hydrogens is 238 g/mol. The van der Waals surface area contributed by atoms with Gasteiger partial charge in [0.25, 0.3) is 0 Å². The van der Waals surface area contributed by atoms with Gasteiger partial charge in [0, 0.05) is 26.7 Å². The van der Waals surface area contributed by atoms with E-state index in [1.807, 2.05) is 0 Å². The minimum atomic E-state index is -0.969. The van der Waals surface area contributed by atoms with Crippen LogP contribution in [0.15, 0.2) is 0 Å². The third-order valence-corrected chi connectivity index (χ3v) is 3.06. The number of likely N-dealkylation sites (N-methyl/N-ethyl adjacent to an activating group) is 1. The molecule has 0 aromatic heterocycles. The zero-order valence-corrected chi connectivity index (χ0v) is 10.9. The van der Waals surface area contributed by atoms with Crippen molar-refractivity contribution in [3.8, 4) is 0 Å². The van der Waals surface area contributed by atoms with Gasteiger partial charge in [0.05, 0.1) is 6.42 Å². The Labute approximate surface area is 106 Å². The molecule has 1 aliphatic heterocycles. The van der Waals surface area contributed by atoms with Gasteiger partial charge in [0.2, 0.25) is 5.91 Å². The molecule has 0 unspecified atom stereocenters. The number of hydrogen-bond acceptors (Lipinski definition) is 3. The van der Waals surface area contributed by atoms with Crippen molar-refractivity contribution in [2.75, 3.05) is 26.7 Å². The Bertz CT molecular complexity index is 367. The molecule has 0 bridgehead atoms. The number of urea groups is 1. The van der Waals surface area contributed by atoms with Gasteiger partial charge in [-0.3, -0.25) is 9.59 Å². The van der Waals surface area contributed by atoms with Gasteiger partial charge in [-0.2, -0.15) is 0 Å². The van der Waals surface area contributed by atoms with Crippen molar-refractivity contribution in [3.63, 3.8) is 0 Å². The molecule has 18 heavy (non-hydrogen) atoms. The van der Waals surface area contributed by atoms with Crippen molar-refractivity contribution in [2.45, 2.75) is 25.8 Å². The van der Waals surface area contributed by atoms with Crippen LogP contribution in [0.1, 0.15) is 20.3 Å². The second-order valence-electron chi connectivity index (χ2n) is 4.81. The van der Waals surface area contributed by atoms with Crippen molar-refractivity contribution in [1.29, 1.82) is 0 Å². The molecule has 2 N–H and O–H groups in total. The number of hydrogen-bond donors (Lipinski definition) is 2. The predicted molar refractivity (Wildman–Crippen MR) is 64.1 cm³/mol. The topological polar surface area (TPSA) is 89.9 Å². The number of nitrogens with zero attached hydrogens (tertiary/aromatic N) is 2. The highest BCUT2D eigenvalue weighted by Crippen LogP contribution is 2.21. The average Bonchev–Trinajstić information content (AvgIpc) is 2.25. The van der Waals surface area contributed by atoms with Crippen molar-refractivity contribution in [1.82, 2.24) is 15.1 Å². The zero-order valence-electron chi connectivity index (χ0n) is 10.9. The number of amides is 3. The lowest BCUT2D eigenvalue weighted by Crippen LogP contribution is -2.65. The molecule has 0 aromatic rings. The van der Waals surface area contributed by atoms with E-state index < -0.39 is 17.5 Å². The Morgan fingerprint density at radius 1 is 1.39 bits per heavy atom. The van der Waals surface area contributed by atoms with Gasteiger partial charge in [-0.15, -0.1) is 0 Å². The fourth-order valence-corrected chi connectivity index (χ4v) is 1.94. The van der Waals surface area contributed by atoms with Crippen molar-refractivity contribution in [2.24, 2.45) is 0 Å². The first kappa shape index (κ1) is 14.3. The Hall–Kier alpha value is -1.79. The van der Waals surface area contributed by atoms with E-state index in [2.05, 4.69) is 5.32 Å². The van der Waals surface area contributed by atoms with Crippen LogP contribution in [0.2, 0.25) is 0 Å². The highest BCUT2D eigenvalue weighted by Gasteiger charge is 2.42. The maximum atomic E-state index is 12.0. The number of carbonyl (C=O) groups is 3. The van der Waals surface area contributed by atoms with Gasteiger partial charge in [0.15, 0.2) is 0 Å². The quantitative estimate of drug-likeness (QED) is 0.728. The Balaban J connectivity index is 2.62. The number of nitrogens with one attached hydrogen (secondary N) is 1. The largest absolute Gasteiger partial charge is 0.481 e. The summed E-state index contributed by atoms with van der Waals surface area (Å²) in [4.78, 5) is 37.2. The standard InChI is InChI=1S/C11H19N3O4/c1-11(2)9(17)13(3)6-7-14(11)10(18)12-5-4-8(15)16/h4-7H2,1-3H3,(H,12,18)(H,15,16). The number of carbonyl (C=O) groups excluding carboxylic acids is 2. The molecule has 0 atom stereocenters. The summed E-state index contributed by atoms with van der Waals surface area (Å²) >= 11 is 0. The first-order valence-corrected chi connectivity index (χ1v) is 5.79. The second kappa shape index (κ2) is 5.24. The Morgan fingerprint density at radius 2 is 2.00 bits per heavy atom. The molecular formula is C11H19N3O4. The predicted octanol–water partition coefficient (Wildman–Crippen LogP) is -0.277. The second-order valence-corrected chi connectivity index (χ2v) is 4.81. The fourth-order valence-electron chi connectivity index (χ4n) is 1.94. The smallest absolute Gasteiger partial charge is 0.318 e. The zero-order chi connectivity index (χ0) is 13.9. The van der Waals surface area contributed by atoms with Crippen molar-refractivity contribution < 1.29 is 19.5 Å². The average molecular weight is 257 g/mol. The number of carboxylic acid groups (broad SMARTS) is 1. The summed E-state index contributed by atoms with van der Waals surface area (Å²) < 4.78 is 0. The first-order chi connectivity index (χ1) is 8.26. The van der Waals surface area contributed by atoms with Crippen molar-refractivity contribution in [3.05, 3.63) is 0 Å². The molecule has 1 fully saturated rings. The lowest BCUT2D eigenvalue weighted by atomic mass is 9.98. The molecule has 0 spiro atoms. The molecule has 1 aliphatic rings. The van der Waals surface area contributed by atoms with E-state index in [1.165, 1.54) is 4.90 Å². The van der Waals surface area contributed by atoms with E-state index in [1.54, 1.807) is 25.8 Å². The third-order valence-electron chi connectivity index (χ3n) is 3.06. The summed E-state index contributed by atoms with van der Waals surface area (Å²) in [6.45, 7) is 4.34. The fraction of sp³-hybridized carbons (Fsp3) is 0.727. The number of rotatable bonds is 3. The van der Waals surface area contributed by atoms with Gasteiger partial charge in [-0.1, -0.05) is 0 Å². The highest BCUT2D eigenvalue weighted by molar-refractivity contribution is 5.91. The maximum absolute atomic E-state index is 12.0. The molecule has 7 nitrogen and oxygen atoms in total. The maximum Gasteiger partial charge on any atom is 0.318 e. The molecule has 1 heterocycles. The summed E-state index contributed by atoms with van der Waals surface area (Å²) in [6, 6.07) is -0.400. The van der Waals surface area contributed by atoms with Crippen LogP contribution < -0.4 is 5.32 Å². The van der Waals surface area contributed by atoms with Crippen LogP contribution in [0.5, 0.6) is 0 Å². The van der Waals surface area contributed by atoms with Crippen LogP contribution in [0.3, 0.4) is 0 Å². The van der Waals surface area contributed by atoms with E-state index >= 15 is 0 Å². The van der Waals surface area contributed by atoms with Crippen LogP contribution in [-0.4, -0.2) is 65.0 Å². The highest BCUT2D eigenvalue weighted by atomic mass is 16.4. The lowest BCUT2D eigenvalue weighted by molar-refractivity contribution is -0.144. The molecule has 0 aliphatic carbocycles. The number of aliphatic carboxylic acids is 1. The van der Waals surface area contributed by atoms with Crippen molar-refractivity contribution >= 4 is 17.9 Å². The minimum absolute atomic E-state index is 0.0603. The lowest BCUT2D eigenvalue weighted by Gasteiger charge is -2.44. The van der Waals surface area contributed by atoms with Gasteiger partial charge in [-0.25, -0.2) is 4.79 Å². The third kappa shape index (κ3) is 2.91. The normalized spacial score (nSPS) is 18.7. The summed E-state index contributed by atoms with van der Waals surface area (Å²) in [5.74, 6) is -1.09. The monoisotopic (exact) mass is 257 g/mol. The number of carboxylic acids is 1. The summed E-state index contributed by atoms with van der Waals surface area (Å²) in [7, 11) is 1.70. The molecule has 1 saturated heterocycles. The van der Waals surface area contributed by atoms with Gasteiger partial charge in [-0.05, 0) is 13.8 Å². The summed E-state index contributed by atoms with van der Waals surface area (Å²) in [6.07, 6.45) is -0.131. The minimum Gasteiger partial charge on any atom is -0.481 e. The van der Waals surface area contributed by atoms with Crippen LogP contribution >= 0.6 is 0 Å². The summed E-state index contributed by atoms with van der Waals surface area (Å²) in [5, 5.41) is 11.0. The molecule has 102 valence electrons. The molecule has 0 radical (unpaired) electrons. The van der Waals surface area contributed by atoms with E-state index in [-0.39, 0.29) is 18.9 Å². The molecule has 3 amide bonds. The van der Waals surface area contributed by atoms with E-state index in [9.17, 15) is 14.4 Å². The van der Waals surface area contributed by atoms with Crippen LogP contribution in [-0.2, 0) is 9.59 Å². The molecule has 0 aromatic carbocycles. The van der Waals surface area contributed by atoms with Gasteiger partial charge in [0.1, 0.15) is 5.54 Å². The molecule has 0 saturated carbocycles. The Morgan fingerprint density at radius 3 is 2.56 bits per heavy atom. The van der Waals surface area contributed by atoms with Gasteiger partial charge < -0.3 is 20.2 Å². The van der Waals surface area contributed by atoms with Gasteiger partial charge >= 0.3 is 12.0 Å². The number of piperazine rings is 1. The van der Waals surface area contributed by atoms with Crippen LogP contribution in [0.25, 0.3) is 0 Å². The first-order valence-electron chi connectivity index (χ1n) is 5.79. The summed E-state index contributed by atoms with van der Waals surface area (Å²) in [5.41, 5.74) is -0.902. The van der Waals surface area contributed by atoms with E-state index in [4.69, 9.17) is 5.11 Å². The SMILES string of the molecule is CN1CCN(C(=O)NCCC(=O)O)C(C)(C)C1=O. The van der Waals surface area contributed by atoms with Crippen LogP contribution in [0, 0.1) is 0 Å². The Kier molecular flexibility index (Phi) is 4.15. The van der Waals surface area contributed by atoms with E-state index in [0.29, 0.717) is 13.1 Å². The molecule has 7 heteroatoms. The molecule has 1 rings (SSSR count).